The largest absolute Gasteiger partial charge is 0.382 e. The Kier molecular flexibility index (Phi) is 5.44. The van der Waals surface area contributed by atoms with Crippen molar-refractivity contribution in [2.45, 2.75) is 46.2 Å². The number of hydrogen-bond donors (Lipinski definition) is 2. The minimum absolute atomic E-state index is 0.0390. The van der Waals surface area contributed by atoms with Gasteiger partial charge in [0.2, 0.25) is 0 Å². The Morgan fingerprint density at radius 1 is 1.18 bits per heavy atom. The molecule has 3 rings (SSSR count). The minimum atomic E-state index is -0.254. The molecule has 0 unspecified atom stereocenters. The number of aryl methyl sites for hydroxylation is 1. The Bertz CT molecular complexity index is 987. The summed E-state index contributed by atoms with van der Waals surface area (Å²) < 4.78 is 1.81. The van der Waals surface area contributed by atoms with Crippen LogP contribution in [0, 0.1) is 6.92 Å². The van der Waals surface area contributed by atoms with Gasteiger partial charge in [-0.25, -0.2) is 4.98 Å². The van der Waals surface area contributed by atoms with E-state index in [2.05, 4.69) is 20.4 Å². The Hall–Kier alpha value is -3.22. The lowest BCUT2D eigenvalue weighted by atomic mass is 10.0. The SMILES string of the molecule is Cc1cc(C(=O)Cc2ccnc(CNc3cccnc3N)c2)n(C(C)(C)C)n1. The number of anilines is 2. The van der Waals surface area contributed by atoms with Crippen molar-refractivity contribution in [3.8, 4) is 0 Å². The van der Waals surface area contributed by atoms with Gasteiger partial charge in [0.05, 0.1) is 29.2 Å². The summed E-state index contributed by atoms with van der Waals surface area (Å²) in [5.41, 5.74) is 9.56. The number of hydrogen-bond acceptors (Lipinski definition) is 6. The number of nitrogen functional groups attached to an aromatic ring is 1. The molecule has 0 bridgehead atoms. The number of ketones is 1. The lowest BCUT2D eigenvalue weighted by molar-refractivity contribution is 0.0975. The fourth-order valence-electron chi connectivity index (χ4n) is 2.97. The standard InChI is InChI=1S/C21H26N6O/c1-14-10-18(27(26-14)21(2,3)4)19(28)12-15-7-9-23-16(11-15)13-25-17-6-5-8-24-20(17)22/h5-11,25H,12-13H2,1-4H3,(H2,22,24). The van der Waals surface area contributed by atoms with Crippen LogP contribution in [0.1, 0.15) is 48.2 Å². The van der Waals surface area contributed by atoms with Gasteiger partial charge in [-0.05, 0) is 63.6 Å². The Balaban J connectivity index is 1.73. The maximum Gasteiger partial charge on any atom is 0.185 e. The molecule has 0 saturated carbocycles. The van der Waals surface area contributed by atoms with E-state index in [9.17, 15) is 4.79 Å². The maximum absolute atomic E-state index is 12.9. The third-order valence-electron chi connectivity index (χ3n) is 4.30. The molecule has 0 fully saturated rings. The molecule has 0 aliphatic heterocycles. The van der Waals surface area contributed by atoms with Gasteiger partial charge in [-0.3, -0.25) is 14.5 Å². The third-order valence-corrected chi connectivity index (χ3v) is 4.30. The summed E-state index contributed by atoms with van der Waals surface area (Å²) >= 11 is 0. The molecule has 0 aromatic carbocycles. The molecule has 0 aliphatic rings. The summed E-state index contributed by atoms with van der Waals surface area (Å²) in [7, 11) is 0. The van der Waals surface area contributed by atoms with Crippen LogP contribution < -0.4 is 11.1 Å². The third kappa shape index (κ3) is 4.54. The average molecular weight is 378 g/mol. The second-order valence-electron chi connectivity index (χ2n) is 7.80. The van der Waals surface area contributed by atoms with Crippen LogP contribution in [0.3, 0.4) is 0 Å². The first-order valence-corrected chi connectivity index (χ1v) is 9.22. The lowest BCUT2D eigenvalue weighted by Crippen LogP contribution is -2.27. The van der Waals surface area contributed by atoms with Crippen LogP contribution in [0.5, 0.6) is 0 Å². The molecular formula is C21H26N6O. The highest BCUT2D eigenvalue weighted by Crippen LogP contribution is 2.19. The predicted octanol–water partition coefficient (Wildman–Crippen LogP) is 3.36. The number of Topliss-reactive ketones (excluding diaryl/α,β-unsaturated/α-hetero) is 1. The topological polar surface area (TPSA) is 98.7 Å². The van der Waals surface area contributed by atoms with Gasteiger partial charge in [0.15, 0.2) is 5.78 Å². The smallest absolute Gasteiger partial charge is 0.185 e. The fourth-order valence-corrected chi connectivity index (χ4v) is 2.97. The number of carbonyl (C=O) groups excluding carboxylic acids is 1. The predicted molar refractivity (Wildman–Crippen MR) is 110 cm³/mol. The first-order chi connectivity index (χ1) is 13.2. The van der Waals surface area contributed by atoms with Gasteiger partial charge >= 0.3 is 0 Å². The zero-order valence-corrected chi connectivity index (χ0v) is 16.7. The van der Waals surface area contributed by atoms with Gasteiger partial charge in [0, 0.05) is 18.8 Å². The molecule has 28 heavy (non-hydrogen) atoms. The van der Waals surface area contributed by atoms with E-state index in [1.165, 1.54) is 0 Å². The van der Waals surface area contributed by atoms with E-state index >= 15 is 0 Å². The Labute approximate surface area is 165 Å². The molecule has 0 amide bonds. The minimum Gasteiger partial charge on any atom is -0.382 e. The van der Waals surface area contributed by atoms with Crippen molar-refractivity contribution < 1.29 is 4.79 Å². The fraction of sp³-hybridized carbons (Fsp3) is 0.333. The number of nitrogens with one attached hydrogen (secondary N) is 1. The van der Waals surface area contributed by atoms with Crippen LogP contribution >= 0.6 is 0 Å². The normalized spacial score (nSPS) is 11.4. The van der Waals surface area contributed by atoms with Crippen molar-refractivity contribution in [2.75, 3.05) is 11.1 Å². The van der Waals surface area contributed by atoms with Crippen molar-refractivity contribution in [1.82, 2.24) is 19.7 Å². The number of nitrogens with zero attached hydrogens (tertiary/aromatic N) is 4. The van der Waals surface area contributed by atoms with Crippen molar-refractivity contribution in [3.05, 3.63) is 65.4 Å². The molecule has 3 aromatic rings. The second kappa shape index (κ2) is 7.80. The van der Waals surface area contributed by atoms with Crippen LogP contribution in [0.4, 0.5) is 11.5 Å². The molecular weight excluding hydrogens is 352 g/mol. The molecule has 0 aliphatic carbocycles. The van der Waals surface area contributed by atoms with Gasteiger partial charge in [-0.15, -0.1) is 0 Å². The van der Waals surface area contributed by atoms with Crippen molar-refractivity contribution in [1.29, 1.82) is 0 Å². The zero-order valence-electron chi connectivity index (χ0n) is 16.7. The highest BCUT2D eigenvalue weighted by atomic mass is 16.1. The van der Waals surface area contributed by atoms with Crippen LogP contribution in [0.25, 0.3) is 0 Å². The van der Waals surface area contributed by atoms with Crippen LogP contribution in [-0.4, -0.2) is 25.5 Å². The monoisotopic (exact) mass is 378 g/mol. The van der Waals surface area contributed by atoms with Crippen LogP contribution in [-0.2, 0) is 18.5 Å². The summed E-state index contributed by atoms with van der Waals surface area (Å²) in [5, 5.41) is 7.71. The molecule has 0 saturated heterocycles. The molecule has 3 aromatic heterocycles. The van der Waals surface area contributed by atoms with Gasteiger partial charge in [0.25, 0.3) is 0 Å². The van der Waals surface area contributed by atoms with E-state index in [4.69, 9.17) is 5.73 Å². The van der Waals surface area contributed by atoms with E-state index < -0.39 is 0 Å². The van der Waals surface area contributed by atoms with E-state index in [0.717, 1.165) is 22.6 Å². The lowest BCUT2D eigenvalue weighted by Gasteiger charge is -2.22. The molecule has 0 spiro atoms. The molecule has 0 atom stereocenters. The summed E-state index contributed by atoms with van der Waals surface area (Å²) in [6.07, 6.45) is 3.67. The van der Waals surface area contributed by atoms with E-state index in [1.54, 1.807) is 17.1 Å². The number of pyridine rings is 2. The first kappa shape index (κ1) is 19.5. The van der Waals surface area contributed by atoms with Crippen molar-refractivity contribution in [3.63, 3.8) is 0 Å². The van der Waals surface area contributed by atoms with E-state index in [1.807, 2.05) is 58.0 Å². The quantitative estimate of drug-likeness (QED) is 0.638. The summed E-state index contributed by atoms with van der Waals surface area (Å²) in [5.74, 6) is 0.483. The van der Waals surface area contributed by atoms with E-state index in [0.29, 0.717) is 24.5 Å². The highest BCUT2D eigenvalue weighted by molar-refractivity contribution is 5.96. The van der Waals surface area contributed by atoms with Gasteiger partial charge in [-0.1, -0.05) is 0 Å². The maximum atomic E-state index is 12.9. The number of rotatable bonds is 6. The van der Waals surface area contributed by atoms with Gasteiger partial charge < -0.3 is 11.1 Å². The Morgan fingerprint density at radius 2 is 1.96 bits per heavy atom. The molecule has 3 heterocycles. The second-order valence-corrected chi connectivity index (χ2v) is 7.80. The first-order valence-electron chi connectivity index (χ1n) is 9.22. The average Bonchev–Trinajstić information content (AvgIpc) is 3.04. The van der Waals surface area contributed by atoms with Crippen molar-refractivity contribution >= 4 is 17.3 Å². The zero-order chi connectivity index (χ0) is 20.3. The molecule has 7 heteroatoms. The Morgan fingerprint density at radius 3 is 2.68 bits per heavy atom. The van der Waals surface area contributed by atoms with Crippen LogP contribution in [0.2, 0.25) is 0 Å². The van der Waals surface area contributed by atoms with Gasteiger partial charge in [-0.2, -0.15) is 5.10 Å². The number of carbonyl (C=O) groups is 1. The molecule has 146 valence electrons. The summed E-state index contributed by atoms with van der Waals surface area (Å²) in [6.45, 7) is 8.51. The molecule has 3 N–H and O–H groups in total. The van der Waals surface area contributed by atoms with Crippen LogP contribution in [0.15, 0.2) is 42.7 Å². The van der Waals surface area contributed by atoms with Gasteiger partial charge in [0.1, 0.15) is 11.5 Å². The number of nitrogens with two attached hydrogens (primary N) is 1. The molecule has 7 nitrogen and oxygen atoms in total. The van der Waals surface area contributed by atoms with E-state index in [-0.39, 0.29) is 11.3 Å². The number of aromatic nitrogens is 4. The highest BCUT2D eigenvalue weighted by Gasteiger charge is 2.23. The summed E-state index contributed by atoms with van der Waals surface area (Å²) in [6, 6.07) is 9.34. The van der Waals surface area contributed by atoms with Crippen molar-refractivity contribution in [2.24, 2.45) is 0 Å². The summed E-state index contributed by atoms with van der Waals surface area (Å²) in [4.78, 5) is 21.3. The molecule has 0 radical (unpaired) electrons.